The van der Waals surface area contributed by atoms with Crippen molar-refractivity contribution in [3.8, 4) is 16.9 Å². The van der Waals surface area contributed by atoms with Crippen LogP contribution in [0.5, 0.6) is 5.75 Å². The fourth-order valence-corrected chi connectivity index (χ4v) is 2.37. The molecule has 2 aromatic carbocycles. The number of ether oxygens (including phenoxy) is 1. The summed E-state index contributed by atoms with van der Waals surface area (Å²) in [4.78, 5) is 0. The van der Waals surface area contributed by atoms with E-state index in [1.807, 2.05) is 30.4 Å². The van der Waals surface area contributed by atoms with E-state index < -0.39 is 0 Å². The van der Waals surface area contributed by atoms with Crippen molar-refractivity contribution in [3.05, 3.63) is 85.0 Å². The van der Waals surface area contributed by atoms with Crippen LogP contribution in [0.1, 0.15) is 18.9 Å². The lowest BCUT2D eigenvalue weighted by Gasteiger charge is -2.10. The van der Waals surface area contributed by atoms with Crippen LogP contribution >= 0.6 is 0 Å². The number of methoxy groups -OCH3 is 1. The van der Waals surface area contributed by atoms with Gasteiger partial charge in [0.15, 0.2) is 0 Å². The van der Waals surface area contributed by atoms with Crippen LogP contribution in [-0.2, 0) is 0 Å². The zero-order valence-corrected chi connectivity index (χ0v) is 13.3. The maximum Gasteiger partial charge on any atom is 0.126 e. The summed E-state index contributed by atoms with van der Waals surface area (Å²) in [5.41, 5.74) is 4.58. The van der Waals surface area contributed by atoms with E-state index in [2.05, 4.69) is 56.0 Å². The molecule has 0 aliphatic carbocycles. The third-order valence-corrected chi connectivity index (χ3v) is 3.44. The smallest absolute Gasteiger partial charge is 0.126 e. The Balaban J connectivity index is 2.47. The summed E-state index contributed by atoms with van der Waals surface area (Å²) in [6.45, 7) is 5.94. The highest BCUT2D eigenvalue weighted by Gasteiger charge is 2.06. The van der Waals surface area contributed by atoms with Crippen LogP contribution in [0.15, 0.2) is 79.4 Å². The van der Waals surface area contributed by atoms with Gasteiger partial charge in [0.1, 0.15) is 5.75 Å². The van der Waals surface area contributed by atoms with Gasteiger partial charge in [0.25, 0.3) is 0 Å². The molecule has 0 N–H and O–H groups in total. The van der Waals surface area contributed by atoms with Gasteiger partial charge in [-0.15, -0.1) is 0 Å². The molecule has 2 aromatic rings. The van der Waals surface area contributed by atoms with Crippen molar-refractivity contribution in [2.75, 3.05) is 7.11 Å². The predicted molar refractivity (Wildman–Crippen MR) is 96.0 cm³/mol. The molecule has 0 radical (unpaired) electrons. The largest absolute Gasteiger partial charge is 0.496 e. The van der Waals surface area contributed by atoms with E-state index >= 15 is 0 Å². The molecule has 0 aliphatic rings. The van der Waals surface area contributed by atoms with Gasteiger partial charge in [-0.05, 0) is 35.3 Å². The Morgan fingerprint density at radius 3 is 2.68 bits per heavy atom. The van der Waals surface area contributed by atoms with E-state index in [4.69, 9.17) is 4.74 Å². The van der Waals surface area contributed by atoms with Crippen LogP contribution in [-0.4, -0.2) is 7.11 Å². The third kappa shape index (κ3) is 3.76. The van der Waals surface area contributed by atoms with Crippen molar-refractivity contribution in [1.82, 2.24) is 0 Å². The first kappa shape index (κ1) is 15.8. The molecule has 1 heteroatoms. The molecule has 0 unspecified atom stereocenters. The second kappa shape index (κ2) is 8.04. The lowest BCUT2D eigenvalue weighted by Crippen LogP contribution is -1.89. The van der Waals surface area contributed by atoms with E-state index in [1.165, 1.54) is 5.56 Å². The van der Waals surface area contributed by atoms with Gasteiger partial charge in [0.05, 0.1) is 7.11 Å². The highest BCUT2D eigenvalue weighted by Crippen LogP contribution is 2.31. The summed E-state index contributed by atoms with van der Waals surface area (Å²) in [7, 11) is 1.70. The molecule has 0 aliphatic heterocycles. The molecule has 0 atom stereocenters. The van der Waals surface area contributed by atoms with E-state index in [0.717, 1.165) is 28.9 Å². The van der Waals surface area contributed by atoms with Crippen LogP contribution < -0.4 is 4.74 Å². The molecular formula is C21H22O. The second-order valence-corrected chi connectivity index (χ2v) is 4.95. The van der Waals surface area contributed by atoms with Crippen LogP contribution in [0.2, 0.25) is 0 Å². The molecule has 0 saturated carbocycles. The van der Waals surface area contributed by atoms with Crippen LogP contribution in [0, 0.1) is 0 Å². The number of rotatable bonds is 6. The van der Waals surface area contributed by atoms with Crippen molar-refractivity contribution in [1.29, 1.82) is 0 Å². The fourth-order valence-electron chi connectivity index (χ4n) is 2.37. The predicted octanol–water partition coefficient (Wildman–Crippen LogP) is 5.90. The summed E-state index contributed by atoms with van der Waals surface area (Å²) >= 11 is 0. The second-order valence-electron chi connectivity index (χ2n) is 4.95. The Labute approximate surface area is 133 Å². The average Bonchev–Trinajstić information content (AvgIpc) is 2.58. The number of allylic oxidation sites excluding steroid dienone is 5. The molecule has 22 heavy (non-hydrogen) atoms. The minimum Gasteiger partial charge on any atom is -0.496 e. The van der Waals surface area contributed by atoms with Crippen molar-refractivity contribution in [2.45, 2.75) is 13.3 Å². The summed E-state index contributed by atoms with van der Waals surface area (Å²) in [5, 5.41) is 0. The Morgan fingerprint density at radius 2 is 1.95 bits per heavy atom. The topological polar surface area (TPSA) is 9.23 Å². The van der Waals surface area contributed by atoms with E-state index in [-0.39, 0.29) is 0 Å². The van der Waals surface area contributed by atoms with Gasteiger partial charge < -0.3 is 4.74 Å². The average molecular weight is 290 g/mol. The lowest BCUT2D eigenvalue weighted by molar-refractivity contribution is 0.416. The van der Waals surface area contributed by atoms with Crippen LogP contribution in [0.25, 0.3) is 16.7 Å². The first-order chi connectivity index (χ1) is 10.8. The molecular weight excluding hydrogens is 268 g/mol. The van der Waals surface area contributed by atoms with Gasteiger partial charge in [-0.2, -0.15) is 0 Å². The number of para-hydroxylation sites is 1. The van der Waals surface area contributed by atoms with Crippen LogP contribution in [0.3, 0.4) is 0 Å². The van der Waals surface area contributed by atoms with Gasteiger partial charge >= 0.3 is 0 Å². The highest BCUT2D eigenvalue weighted by molar-refractivity contribution is 5.80. The monoisotopic (exact) mass is 290 g/mol. The minimum atomic E-state index is 0.887. The van der Waals surface area contributed by atoms with Gasteiger partial charge in [0, 0.05) is 5.56 Å². The van der Waals surface area contributed by atoms with Crippen LogP contribution in [0.4, 0.5) is 0 Å². The maximum atomic E-state index is 5.47. The first-order valence-electron chi connectivity index (χ1n) is 7.53. The SMILES string of the molecule is C=C/C=C(\C=C/CC)c1cccc(-c2ccccc2OC)c1. The van der Waals surface area contributed by atoms with Gasteiger partial charge in [0.2, 0.25) is 0 Å². The van der Waals surface area contributed by atoms with E-state index in [0.29, 0.717) is 0 Å². The number of benzene rings is 2. The molecule has 0 aromatic heterocycles. The Bertz CT molecular complexity index is 693. The van der Waals surface area contributed by atoms with Crippen molar-refractivity contribution >= 4 is 5.57 Å². The zero-order chi connectivity index (χ0) is 15.8. The Hall–Kier alpha value is -2.54. The summed E-state index contributed by atoms with van der Waals surface area (Å²) in [6, 6.07) is 16.6. The van der Waals surface area contributed by atoms with E-state index in [9.17, 15) is 0 Å². The molecule has 2 rings (SSSR count). The summed E-state index contributed by atoms with van der Waals surface area (Å²) in [5.74, 6) is 0.887. The Morgan fingerprint density at radius 1 is 1.14 bits per heavy atom. The van der Waals surface area contributed by atoms with Gasteiger partial charge in [-0.25, -0.2) is 0 Å². The van der Waals surface area contributed by atoms with Gasteiger partial charge in [-0.3, -0.25) is 0 Å². The Kier molecular flexibility index (Phi) is 5.79. The molecule has 0 bridgehead atoms. The molecule has 1 nitrogen and oxygen atoms in total. The summed E-state index contributed by atoms with van der Waals surface area (Å²) < 4.78 is 5.47. The van der Waals surface area contributed by atoms with Crippen molar-refractivity contribution in [2.24, 2.45) is 0 Å². The van der Waals surface area contributed by atoms with E-state index in [1.54, 1.807) is 7.11 Å². The molecule has 112 valence electrons. The third-order valence-electron chi connectivity index (χ3n) is 3.44. The quantitative estimate of drug-likeness (QED) is 0.602. The molecule has 0 saturated heterocycles. The summed E-state index contributed by atoms with van der Waals surface area (Å²) in [6.07, 6.45) is 9.17. The standard InChI is InChI=1S/C21H22O/c1-4-6-11-17(10-5-2)18-12-9-13-19(16-18)20-14-7-8-15-21(20)22-3/h5-16H,2,4H2,1,3H3/b11-6-,17-10+. The van der Waals surface area contributed by atoms with Crippen molar-refractivity contribution in [3.63, 3.8) is 0 Å². The number of hydrogen-bond acceptors (Lipinski definition) is 1. The molecule has 0 heterocycles. The lowest BCUT2D eigenvalue weighted by atomic mass is 9.98. The highest BCUT2D eigenvalue weighted by atomic mass is 16.5. The zero-order valence-electron chi connectivity index (χ0n) is 13.3. The number of hydrogen-bond donors (Lipinski definition) is 0. The molecule has 0 fully saturated rings. The normalized spacial score (nSPS) is 11.6. The molecule has 0 amide bonds. The minimum absolute atomic E-state index is 0.887. The van der Waals surface area contributed by atoms with Crippen molar-refractivity contribution < 1.29 is 4.74 Å². The maximum absolute atomic E-state index is 5.47. The first-order valence-corrected chi connectivity index (χ1v) is 7.53. The molecule has 0 spiro atoms. The fraction of sp³-hybridized carbons (Fsp3) is 0.143. The van der Waals surface area contributed by atoms with Gasteiger partial charge in [-0.1, -0.05) is 74.2 Å².